The van der Waals surface area contributed by atoms with E-state index in [2.05, 4.69) is 62.5 Å². The molecule has 0 amide bonds. The van der Waals surface area contributed by atoms with Gasteiger partial charge >= 0.3 is 0 Å². The first-order valence-corrected chi connectivity index (χ1v) is 7.21. The van der Waals surface area contributed by atoms with E-state index in [-0.39, 0.29) is 5.95 Å². The first-order chi connectivity index (χ1) is 9.49. The number of rotatable bonds is 4. The summed E-state index contributed by atoms with van der Waals surface area (Å²) in [7, 11) is 0. The van der Waals surface area contributed by atoms with E-state index in [1.165, 1.54) is 0 Å². The van der Waals surface area contributed by atoms with Gasteiger partial charge in [-0.15, -0.1) is 0 Å². The highest BCUT2D eigenvalue weighted by Crippen LogP contribution is 2.28. The number of aromatic nitrogens is 2. The summed E-state index contributed by atoms with van der Waals surface area (Å²) < 4.78 is 1.06. The Morgan fingerprint density at radius 3 is 2.30 bits per heavy atom. The molecule has 106 valence electrons. The van der Waals surface area contributed by atoms with E-state index >= 15 is 0 Å². The highest BCUT2D eigenvalue weighted by molar-refractivity contribution is 9.10. The van der Waals surface area contributed by atoms with Crippen molar-refractivity contribution in [1.29, 1.82) is 0 Å². The second kappa shape index (κ2) is 6.09. The van der Waals surface area contributed by atoms with Crippen LogP contribution in [0.15, 0.2) is 22.7 Å². The summed E-state index contributed by atoms with van der Waals surface area (Å²) in [5, 5.41) is 6.45. The predicted octanol–water partition coefficient (Wildman–Crippen LogP) is 3.61. The fourth-order valence-corrected chi connectivity index (χ4v) is 2.72. The second-order valence-corrected chi connectivity index (χ2v) is 5.48. The maximum absolute atomic E-state index is 5.73. The van der Waals surface area contributed by atoms with Crippen LogP contribution in [0.4, 0.5) is 23.3 Å². The Hall–Kier alpha value is -1.82. The summed E-state index contributed by atoms with van der Waals surface area (Å²) in [5.74, 6) is 1.65. The van der Waals surface area contributed by atoms with Gasteiger partial charge in [-0.1, -0.05) is 15.9 Å². The summed E-state index contributed by atoms with van der Waals surface area (Å²) in [6.07, 6.45) is 0. The van der Waals surface area contributed by atoms with Gasteiger partial charge in [0, 0.05) is 22.8 Å². The van der Waals surface area contributed by atoms with Gasteiger partial charge in [0.2, 0.25) is 5.95 Å². The molecule has 1 aromatic carbocycles. The van der Waals surface area contributed by atoms with Crippen molar-refractivity contribution in [2.75, 3.05) is 22.9 Å². The monoisotopic (exact) mass is 335 g/mol. The molecule has 2 rings (SSSR count). The van der Waals surface area contributed by atoms with E-state index in [0.29, 0.717) is 5.82 Å². The maximum Gasteiger partial charge on any atom is 0.223 e. The number of aryl methyl sites for hydroxylation is 2. The molecule has 4 N–H and O–H groups in total. The highest BCUT2D eigenvalue weighted by atomic mass is 79.9. The lowest BCUT2D eigenvalue weighted by molar-refractivity contribution is 1.12. The summed E-state index contributed by atoms with van der Waals surface area (Å²) in [6.45, 7) is 6.90. The molecule has 1 aromatic heterocycles. The summed E-state index contributed by atoms with van der Waals surface area (Å²) in [5.41, 5.74) is 9.05. The Kier molecular flexibility index (Phi) is 4.44. The first kappa shape index (κ1) is 14.6. The quantitative estimate of drug-likeness (QED) is 0.795. The Bertz CT molecular complexity index is 604. The van der Waals surface area contributed by atoms with Crippen LogP contribution in [0.5, 0.6) is 0 Å². The molecule has 0 saturated heterocycles. The number of hydrogen-bond donors (Lipinski definition) is 3. The Balaban J connectivity index is 2.35. The number of nitrogens with one attached hydrogen (secondary N) is 2. The van der Waals surface area contributed by atoms with Crippen LogP contribution in [0.3, 0.4) is 0 Å². The van der Waals surface area contributed by atoms with Crippen molar-refractivity contribution >= 4 is 39.2 Å². The van der Waals surface area contributed by atoms with Crippen LogP contribution in [0.25, 0.3) is 0 Å². The minimum atomic E-state index is 0.248. The zero-order valence-corrected chi connectivity index (χ0v) is 13.4. The molecule has 1 heterocycles. The van der Waals surface area contributed by atoms with Crippen LogP contribution >= 0.6 is 15.9 Å². The van der Waals surface area contributed by atoms with Crippen LogP contribution in [0.2, 0.25) is 0 Å². The van der Waals surface area contributed by atoms with Gasteiger partial charge in [0.05, 0.1) is 0 Å². The third-order valence-electron chi connectivity index (χ3n) is 2.85. The molecule has 0 atom stereocenters. The van der Waals surface area contributed by atoms with Crippen LogP contribution in [-0.4, -0.2) is 16.5 Å². The molecule has 0 spiro atoms. The van der Waals surface area contributed by atoms with E-state index in [1.807, 2.05) is 13.0 Å². The minimum absolute atomic E-state index is 0.248. The maximum atomic E-state index is 5.73. The molecular weight excluding hydrogens is 318 g/mol. The highest BCUT2D eigenvalue weighted by Gasteiger charge is 2.07. The second-order valence-electron chi connectivity index (χ2n) is 4.57. The number of nitrogen functional groups attached to an aromatic ring is 1. The van der Waals surface area contributed by atoms with Crippen LogP contribution in [0, 0.1) is 13.8 Å². The van der Waals surface area contributed by atoms with Gasteiger partial charge in [0.25, 0.3) is 0 Å². The van der Waals surface area contributed by atoms with E-state index in [0.717, 1.165) is 33.6 Å². The van der Waals surface area contributed by atoms with Crippen molar-refractivity contribution in [3.05, 3.63) is 33.8 Å². The summed E-state index contributed by atoms with van der Waals surface area (Å²) in [6, 6.07) is 5.97. The van der Waals surface area contributed by atoms with Gasteiger partial charge in [-0.3, -0.25) is 0 Å². The third kappa shape index (κ3) is 3.39. The largest absolute Gasteiger partial charge is 0.370 e. The molecule has 5 nitrogen and oxygen atoms in total. The zero-order valence-electron chi connectivity index (χ0n) is 11.8. The normalized spacial score (nSPS) is 10.4. The molecule has 20 heavy (non-hydrogen) atoms. The lowest BCUT2D eigenvalue weighted by Gasteiger charge is -2.14. The van der Waals surface area contributed by atoms with Crippen molar-refractivity contribution in [3.8, 4) is 0 Å². The minimum Gasteiger partial charge on any atom is -0.370 e. The van der Waals surface area contributed by atoms with Crippen molar-refractivity contribution in [2.45, 2.75) is 20.8 Å². The number of nitrogens with two attached hydrogens (primary N) is 1. The van der Waals surface area contributed by atoms with Crippen molar-refractivity contribution in [1.82, 2.24) is 9.97 Å². The summed E-state index contributed by atoms with van der Waals surface area (Å²) in [4.78, 5) is 8.35. The van der Waals surface area contributed by atoms with E-state index < -0.39 is 0 Å². The molecule has 0 bridgehead atoms. The smallest absolute Gasteiger partial charge is 0.223 e. The number of nitrogens with zero attached hydrogens (tertiary/aromatic N) is 2. The van der Waals surface area contributed by atoms with Gasteiger partial charge in [-0.05, 0) is 44.0 Å². The number of benzene rings is 1. The molecule has 0 unspecified atom stereocenters. The number of anilines is 4. The van der Waals surface area contributed by atoms with Crippen molar-refractivity contribution < 1.29 is 0 Å². The standard InChI is InChI=1S/C14H18BrN5/c1-4-17-11-7-12(20-14(16)19-11)18-13-8(2)5-10(15)6-9(13)3/h5-7H,4H2,1-3H3,(H4,16,17,18,19,20). The average molecular weight is 336 g/mol. The molecule has 0 fully saturated rings. The van der Waals surface area contributed by atoms with Crippen molar-refractivity contribution in [3.63, 3.8) is 0 Å². The molecular formula is C14H18BrN5. The van der Waals surface area contributed by atoms with E-state index in [1.54, 1.807) is 0 Å². The first-order valence-electron chi connectivity index (χ1n) is 6.41. The molecule has 0 saturated carbocycles. The lowest BCUT2D eigenvalue weighted by Crippen LogP contribution is -2.06. The number of halogens is 1. The number of hydrogen-bond acceptors (Lipinski definition) is 5. The summed E-state index contributed by atoms with van der Waals surface area (Å²) >= 11 is 3.49. The Labute approximate surface area is 127 Å². The van der Waals surface area contributed by atoms with Gasteiger partial charge in [0.15, 0.2) is 0 Å². The zero-order chi connectivity index (χ0) is 14.7. The third-order valence-corrected chi connectivity index (χ3v) is 3.31. The molecule has 6 heteroatoms. The Morgan fingerprint density at radius 1 is 1.10 bits per heavy atom. The SMILES string of the molecule is CCNc1cc(Nc2c(C)cc(Br)cc2C)nc(N)n1. The van der Waals surface area contributed by atoms with Crippen LogP contribution in [0.1, 0.15) is 18.1 Å². The van der Waals surface area contributed by atoms with Gasteiger partial charge in [-0.25, -0.2) is 0 Å². The molecule has 0 aliphatic carbocycles. The van der Waals surface area contributed by atoms with Gasteiger partial charge in [-0.2, -0.15) is 9.97 Å². The van der Waals surface area contributed by atoms with Crippen molar-refractivity contribution in [2.24, 2.45) is 0 Å². The van der Waals surface area contributed by atoms with E-state index in [9.17, 15) is 0 Å². The topological polar surface area (TPSA) is 75.9 Å². The fraction of sp³-hybridized carbons (Fsp3) is 0.286. The Morgan fingerprint density at radius 2 is 1.70 bits per heavy atom. The molecule has 2 aromatic rings. The van der Waals surface area contributed by atoms with Gasteiger partial charge < -0.3 is 16.4 Å². The van der Waals surface area contributed by atoms with Crippen LogP contribution < -0.4 is 16.4 Å². The lowest BCUT2D eigenvalue weighted by atomic mass is 10.1. The van der Waals surface area contributed by atoms with Gasteiger partial charge in [0.1, 0.15) is 11.6 Å². The molecule has 0 aliphatic rings. The van der Waals surface area contributed by atoms with E-state index in [4.69, 9.17) is 5.73 Å². The molecule has 0 radical (unpaired) electrons. The average Bonchev–Trinajstić information content (AvgIpc) is 2.33. The van der Waals surface area contributed by atoms with Crippen LogP contribution in [-0.2, 0) is 0 Å². The fourth-order valence-electron chi connectivity index (χ4n) is 2.04. The predicted molar refractivity (Wildman–Crippen MR) is 87.5 cm³/mol. The molecule has 0 aliphatic heterocycles.